The summed E-state index contributed by atoms with van der Waals surface area (Å²) < 4.78 is 6.30. The van der Waals surface area contributed by atoms with Crippen LogP contribution in [-0.4, -0.2) is 56.2 Å². The smallest absolute Gasteiger partial charge is 0.409 e. The zero-order chi connectivity index (χ0) is 17.3. The van der Waals surface area contributed by atoms with E-state index in [2.05, 4.69) is 44.9 Å². The van der Waals surface area contributed by atoms with Crippen LogP contribution in [0.25, 0.3) is 0 Å². The molecule has 2 amide bonds. The van der Waals surface area contributed by atoms with Gasteiger partial charge in [0.1, 0.15) is 0 Å². The number of benzene rings is 1. The number of nitrogens with one attached hydrogen (secondary N) is 1. The molecule has 2 aliphatic rings. The minimum atomic E-state index is -0.243. The first kappa shape index (κ1) is 17.3. The summed E-state index contributed by atoms with van der Waals surface area (Å²) in [6.07, 6.45) is 0.596. The SMILES string of the molecule is CCOC(=O)N1CC[C@H]2[C@@H](C1)c1cccc(I)c1N2CC(=O)NC. The monoisotopic (exact) mass is 443 g/mol. The van der Waals surface area contributed by atoms with Crippen LogP contribution in [0.5, 0.6) is 0 Å². The highest BCUT2D eigenvalue weighted by Gasteiger charge is 2.44. The number of amides is 2. The predicted molar refractivity (Wildman–Crippen MR) is 100 cm³/mol. The Kier molecular flexibility index (Phi) is 5.17. The third-order valence-corrected chi connectivity index (χ3v) is 5.67. The van der Waals surface area contributed by atoms with E-state index in [9.17, 15) is 9.59 Å². The molecule has 0 saturated carbocycles. The van der Waals surface area contributed by atoms with E-state index in [1.807, 2.05) is 13.0 Å². The van der Waals surface area contributed by atoms with Gasteiger partial charge >= 0.3 is 6.09 Å². The molecule has 1 aromatic carbocycles. The Hall–Kier alpha value is -1.51. The van der Waals surface area contributed by atoms with Crippen LogP contribution in [0.15, 0.2) is 18.2 Å². The maximum Gasteiger partial charge on any atom is 0.409 e. The summed E-state index contributed by atoms with van der Waals surface area (Å²) in [6, 6.07) is 6.48. The number of ether oxygens (including phenoxy) is 1. The van der Waals surface area contributed by atoms with Crippen molar-refractivity contribution in [3.8, 4) is 0 Å². The van der Waals surface area contributed by atoms with Gasteiger partial charge in [-0.05, 0) is 47.6 Å². The molecule has 24 heavy (non-hydrogen) atoms. The van der Waals surface area contributed by atoms with Gasteiger partial charge in [-0.25, -0.2) is 4.79 Å². The zero-order valence-corrected chi connectivity index (χ0v) is 16.1. The average Bonchev–Trinajstić information content (AvgIpc) is 2.89. The van der Waals surface area contributed by atoms with Crippen LogP contribution in [0, 0.1) is 3.57 Å². The Bertz CT molecular complexity index is 652. The van der Waals surface area contributed by atoms with Crippen molar-refractivity contribution in [2.24, 2.45) is 0 Å². The van der Waals surface area contributed by atoms with Crippen molar-refractivity contribution in [3.63, 3.8) is 0 Å². The highest BCUT2D eigenvalue weighted by atomic mass is 127. The molecule has 2 aliphatic heterocycles. The standard InChI is InChI=1S/C17H22IN3O3/c1-3-24-17(23)20-8-7-14-12(9-20)11-5-4-6-13(18)16(11)21(14)10-15(22)19-2/h4-6,12,14H,3,7-10H2,1-2H3,(H,19,22)/t12-,14-/m0/s1. The van der Waals surface area contributed by atoms with Gasteiger partial charge < -0.3 is 19.9 Å². The lowest BCUT2D eigenvalue weighted by Crippen LogP contribution is -2.50. The first-order valence-corrected chi connectivity index (χ1v) is 9.32. The maximum absolute atomic E-state index is 12.1. The van der Waals surface area contributed by atoms with E-state index in [0.29, 0.717) is 26.2 Å². The Morgan fingerprint density at radius 2 is 2.21 bits per heavy atom. The summed E-state index contributed by atoms with van der Waals surface area (Å²) in [5.74, 6) is 0.228. The van der Waals surface area contributed by atoms with E-state index in [1.165, 1.54) is 5.56 Å². The number of carbonyl (C=O) groups excluding carboxylic acids is 2. The fourth-order valence-electron chi connectivity index (χ4n) is 3.73. The number of rotatable bonds is 3. The molecule has 0 bridgehead atoms. The van der Waals surface area contributed by atoms with Crippen LogP contribution in [0.1, 0.15) is 24.8 Å². The Morgan fingerprint density at radius 1 is 1.42 bits per heavy atom. The van der Waals surface area contributed by atoms with Crippen molar-refractivity contribution >= 4 is 40.3 Å². The molecule has 7 heteroatoms. The number of likely N-dealkylation sites (tertiary alicyclic amines) is 1. The van der Waals surface area contributed by atoms with Gasteiger partial charge in [0.15, 0.2) is 0 Å². The van der Waals surface area contributed by atoms with E-state index >= 15 is 0 Å². The highest BCUT2D eigenvalue weighted by Crippen LogP contribution is 2.46. The van der Waals surface area contributed by atoms with Crippen LogP contribution in [0.4, 0.5) is 10.5 Å². The second-order valence-electron chi connectivity index (χ2n) is 6.09. The lowest BCUT2D eigenvalue weighted by molar-refractivity contribution is -0.119. The van der Waals surface area contributed by atoms with Gasteiger partial charge in [0.2, 0.25) is 5.91 Å². The Labute approximate surface area is 155 Å². The van der Waals surface area contributed by atoms with E-state index in [-0.39, 0.29) is 24.0 Å². The summed E-state index contributed by atoms with van der Waals surface area (Å²) in [6.45, 7) is 3.86. The lowest BCUT2D eigenvalue weighted by atomic mass is 9.89. The topological polar surface area (TPSA) is 61.9 Å². The number of anilines is 1. The summed E-state index contributed by atoms with van der Waals surface area (Å²) >= 11 is 2.33. The van der Waals surface area contributed by atoms with Gasteiger partial charge in [-0.2, -0.15) is 0 Å². The molecule has 0 radical (unpaired) electrons. The van der Waals surface area contributed by atoms with Gasteiger partial charge in [0.05, 0.1) is 18.8 Å². The van der Waals surface area contributed by atoms with E-state index in [1.54, 1.807) is 11.9 Å². The number of carbonyl (C=O) groups is 2. The molecule has 0 aromatic heterocycles. The van der Waals surface area contributed by atoms with Crippen molar-refractivity contribution in [3.05, 3.63) is 27.3 Å². The van der Waals surface area contributed by atoms with Gasteiger partial charge in [0.25, 0.3) is 0 Å². The molecular weight excluding hydrogens is 421 g/mol. The number of fused-ring (bicyclic) bond motifs is 3. The number of likely N-dealkylation sites (N-methyl/N-ethyl adjacent to an activating group) is 1. The number of halogens is 1. The lowest BCUT2D eigenvalue weighted by Gasteiger charge is -2.38. The fourth-order valence-corrected chi connectivity index (χ4v) is 4.56. The average molecular weight is 443 g/mol. The molecule has 1 fully saturated rings. The molecule has 0 unspecified atom stereocenters. The molecule has 2 atom stereocenters. The van der Waals surface area contributed by atoms with Crippen molar-refractivity contribution in [2.75, 3.05) is 38.2 Å². The molecular formula is C17H22IN3O3. The number of hydrogen-bond acceptors (Lipinski definition) is 4. The molecule has 1 N–H and O–H groups in total. The largest absolute Gasteiger partial charge is 0.450 e. The van der Waals surface area contributed by atoms with Crippen molar-refractivity contribution in [1.82, 2.24) is 10.2 Å². The molecule has 130 valence electrons. The normalized spacial score (nSPS) is 22.0. The van der Waals surface area contributed by atoms with Crippen molar-refractivity contribution < 1.29 is 14.3 Å². The van der Waals surface area contributed by atoms with Crippen LogP contribution < -0.4 is 10.2 Å². The van der Waals surface area contributed by atoms with Crippen LogP contribution in [0.2, 0.25) is 0 Å². The fraction of sp³-hybridized carbons (Fsp3) is 0.529. The van der Waals surface area contributed by atoms with E-state index < -0.39 is 0 Å². The quantitative estimate of drug-likeness (QED) is 0.728. The first-order chi connectivity index (χ1) is 11.6. The van der Waals surface area contributed by atoms with Crippen LogP contribution in [0.3, 0.4) is 0 Å². The van der Waals surface area contributed by atoms with Gasteiger partial charge in [-0.3, -0.25) is 4.79 Å². The predicted octanol–water partition coefficient (Wildman–Crippen LogP) is 2.17. The second kappa shape index (κ2) is 7.16. The molecule has 0 spiro atoms. The molecule has 1 saturated heterocycles. The maximum atomic E-state index is 12.1. The van der Waals surface area contributed by atoms with Gasteiger partial charge in [-0.1, -0.05) is 12.1 Å². The minimum absolute atomic E-state index is 0.00840. The molecule has 2 heterocycles. The Morgan fingerprint density at radius 3 is 2.92 bits per heavy atom. The summed E-state index contributed by atoms with van der Waals surface area (Å²) in [7, 11) is 1.66. The van der Waals surface area contributed by atoms with Crippen LogP contribution in [-0.2, 0) is 9.53 Å². The number of hydrogen-bond donors (Lipinski definition) is 1. The summed E-state index contributed by atoms with van der Waals surface area (Å²) in [5, 5.41) is 2.71. The molecule has 1 aromatic rings. The molecule has 3 rings (SSSR count). The summed E-state index contributed by atoms with van der Waals surface area (Å²) in [5.41, 5.74) is 2.37. The molecule has 6 nitrogen and oxygen atoms in total. The minimum Gasteiger partial charge on any atom is -0.450 e. The third-order valence-electron chi connectivity index (χ3n) is 4.80. The first-order valence-electron chi connectivity index (χ1n) is 8.24. The third kappa shape index (κ3) is 3.05. The summed E-state index contributed by atoms with van der Waals surface area (Å²) in [4.78, 5) is 28.1. The molecule has 0 aliphatic carbocycles. The van der Waals surface area contributed by atoms with E-state index in [0.717, 1.165) is 15.7 Å². The van der Waals surface area contributed by atoms with Crippen LogP contribution >= 0.6 is 22.6 Å². The van der Waals surface area contributed by atoms with Crippen molar-refractivity contribution in [1.29, 1.82) is 0 Å². The second-order valence-corrected chi connectivity index (χ2v) is 7.25. The highest BCUT2D eigenvalue weighted by molar-refractivity contribution is 14.1. The van der Waals surface area contributed by atoms with E-state index in [4.69, 9.17) is 4.74 Å². The number of para-hydroxylation sites is 1. The zero-order valence-electron chi connectivity index (χ0n) is 13.9. The van der Waals surface area contributed by atoms with Crippen molar-refractivity contribution in [2.45, 2.75) is 25.3 Å². The van der Waals surface area contributed by atoms with Gasteiger partial charge in [-0.15, -0.1) is 0 Å². The Balaban J connectivity index is 1.90. The number of piperidine rings is 1. The number of nitrogens with zero attached hydrogens (tertiary/aromatic N) is 2. The van der Waals surface area contributed by atoms with Gasteiger partial charge in [0, 0.05) is 35.7 Å².